The highest BCUT2D eigenvalue weighted by Gasteiger charge is 2.14. The molecule has 2 rings (SSSR count). The highest BCUT2D eigenvalue weighted by atomic mass is 19.1. The minimum Gasteiger partial charge on any atom is -0.469 e. The number of hydrogen-bond donors (Lipinski definition) is 1. The lowest BCUT2D eigenvalue weighted by molar-refractivity contribution is -0.387. The summed E-state index contributed by atoms with van der Waals surface area (Å²) in [4.78, 5) is 9.75. The van der Waals surface area contributed by atoms with Crippen LogP contribution in [0.4, 0.5) is 15.8 Å². The van der Waals surface area contributed by atoms with Gasteiger partial charge < -0.3 is 9.73 Å². The van der Waals surface area contributed by atoms with Crippen molar-refractivity contribution in [1.82, 2.24) is 0 Å². The molecule has 0 amide bonds. The molecule has 0 fully saturated rings. The minimum atomic E-state index is -0.847. The lowest BCUT2D eigenvalue weighted by atomic mass is 10.2. The summed E-state index contributed by atoms with van der Waals surface area (Å²) in [5.41, 5.74) is -0.0219. The van der Waals surface area contributed by atoms with Crippen LogP contribution >= 0.6 is 0 Å². The topological polar surface area (TPSA) is 68.3 Å². The molecule has 0 saturated heterocycles. The van der Waals surface area contributed by atoms with E-state index in [0.717, 1.165) is 17.9 Å². The van der Waals surface area contributed by atoms with E-state index in [4.69, 9.17) is 4.42 Å². The molecule has 0 radical (unpaired) electrons. The van der Waals surface area contributed by atoms with Gasteiger partial charge in [0.15, 0.2) is 0 Å². The smallest absolute Gasteiger partial charge is 0.304 e. The molecule has 19 heavy (non-hydrogen) atoms. The molecule has 0 spiro atoms. The highest BCUT2D eigenvalue weighted by Crippen LogP contribution is 2.21. The fourth-order valence-corrected chi connectivity index (χ4v) is 1.81. The van der Waals surface area contributed by atoms with Gasteiger partial charge in [0, 0.05) is 30.3 Å². The van der Waals surface area contributed by atoms with Gasteiger partial charge >= 0.3 is 5.69 Å². The van der Waals surface area contributed by atoms with Crippen LogP contribution in [0.15, 0.2) is 41.0 Å². The van der Waals surface area contributed by atoms with Crippen molar-refractivity contribution in [2.75, 3.05) is 5.32 Å². The normalized spacial score (nSPS) is 12.1. The minimum absolute atomic E-state index is 0.0204. The Balaban J connectivity index is 2.03. The third-order valence-electron chi connectivity index (χ3n) is 2.64. The number of halogens is 1. The third kappa shape index (κ3) is 3.31. The van der Waals surface area contributed by atoms with Crippen LogP contribution < -0.4 is 5.32 Å². The summed E-state index contributed by atoms with van der Waals surface area (Å²) < 4.78 is 18.6. The number of furan rings is 1. The zero-order valence-electron chi connectivity index (χ0n) is 10.3. The molecule has 0 bridgehead atoms. The van der Waals surface area contributed by atoms with E-state index in [1.54, 1.807) is 12.3 Å². The first-order valence-electron chi connectivity index (χ1n) is 5.79. The number of nitrogens with zero attached hydrogens (tertiary/aromatic N) is 1. The summed E-state index contributed by atoms with van der Waals surface area (Å²) in [5, 5.41) is 13.6. The first-order valence-corrected chi connectivity index (χ1v) is 5.79. The fourth-order valence-electron chi connectivity index (χ4n) is 1.81. The lowest BCUT2D eigenvalue weighted by Crippen LogP contribution is -2.17. The van der Waals surface area contributed by atoms with E-state index in [1.807, 2.05) is 13.0 Å². The molecular weight excluding hydrogens is 251 g/mol. The summed E-state index contributed by atoms with van der Waals surface area (Å²) in [6, 6.07) is 7.43. The monoisotopic (exact) mass is 264 g/mol. The fraction of sp³-hybridized carbons (Fsp3) is 0.231. The molecule has 0 aliphatic carbocycles. The first kappa shape index (κ1) is 13.1. The van der Waals surface area contributed by atoms with Gasteiger partial charge in [-0.25, -0.2) is 0 Å². The van der Waals surface area contributed by atoms with Crippen LogP contribution in [0.3, 0.4) is 0 Å². The van der Waals surface area contributed by atoms with Gasteiger partial charge in [-0.05, 0) is 25.1 Å². The zero-order valence-corrected chi connectivity index (χ0v) is 10.3. The Morgan fingerprint density at radius 2 is 2.26 bits per heavy atom. The highest BCUT2D eigenvalue weighted by molar-refractivity contribution is 5.50. The Hall–Kier alpha value is -2.37. The van der Waals surface area contributed by atoms with Gasteiger partial charge in [0.2, 0.25) is 5.82 Å². The van der Waals surface area contributed by atoms with E-state index in [2.05, 4.69) is 5.32 Å². The summed E-state index contributed by atoms with van der Waals surface area (Å²) in [6.07, 6.45) is 2.24. The number of nitro benzene ring substituents is 1. The van der Waals surface area contributed by atoms with Gasteiger partial charge in [-0.3, -0.25) is 10.1 Å². The molecule has 5 nitrogen and oxygen atoms in total. The second kappa shape index (κ2) is 5.51. The van der Waals surface area contributed by atoms with Crippen LogP contribution in [0.1, 0.15) is 12.7 Å². The van der Waals surface area contributed by atoms with E-state index in [1.165, 1.54) is 6.07 Å². The summed E-state index contributed by atoms with van der Waals surface area (Å²) in [6.45, 7) is 1.92. The van der Waals surface area contributed by atoms with Crippen molar-refractivity contribution in [3.63, 3.8) is 0 Å². The third-order valence-corrected chi connectivity index (χ3v) is 2.64. The van der Waals surface area contributed by atoms with Crippen LogP contribution in [-0.4, -0.2) is 11.0 Å². The molecule has 0 aliphatic rings. The Labute approximate surface area is 109 Å². The van der Waals surface area contributed by atoms with Crippen molar-refractivity contribution >= 4 is 11.4 Å². The maximum atomic E-state index is 13.4. The summed E-state index contributed by atoms with van der Waals surface area (Å²) >= 11 is 0. The number of benzene rings is 1. The van der Waals surface area contributed by atoms with E-state index in [9.17, 15) is 14.5 Å². The van der Waals surface area contributed by atoms with E-state index in [0.29, 0.717) is 12.1 Å². The predicted molar refractivity (Wildman–Crippen MR) is 68.6 cm³/mol. The van der Waals surface area contributed by atoms with Crippen molar-refractivity contribution < 1.29 is 13.7 Å². The van der Waals surface area contributed by atoms with Crippen LogP contribution in [-0.2, 0) is 6.42 Å². The van der Waals surface area contributed by atoms with Crippen molar-refractivity contribution in [3.05, 3.63) is 58.3 Å². The molecule has 1 unspecified atom stereocenters. The van der Waals surface area contributed by atoms with Crippen molar-refractivity contribution in [2.45, 2.75) is 19.4 Å². The van der Waals surface area contributed by atoms with Gasteiger partial charge in [0.05, 0.1) is 11.2 Å². The molecule has 100 valence electrons. The second-order valence-corrected chi connectivity index (χ2v) is 4.25. The predicted octanol–water partition coefficient (Wildman–Crippen LogP) is 3.37. The van der Waals surface area contributed by atoms with Gasteiger partial charge in [0.1, 0.15) is 5.76 Å². The van der Waals surface area contributed by atoms with Crippen LogP contribution in [0.2, 0.25) is 0 Å². The van der Waals surface area contributed by atoms with Crippen LogP contribution in [0, 0.1) is 15.9 Å². The lowest BCUT2D eigenvalue weighted by Gasteiger charge is -2.13. The molecule has 2 aromatic rings. The summed E-state index contributed by atoms with van der Waals surface area (Å²) in [7, 11) is 0. The van der Waals surface area contributed by atoms with Gasteiger partial charge in [-0.2, -0.15) is 4.39 Å². The molecular formula is C13H13FN2O3. The number of nitro groups is 1. The van der Waals surface area contributed by atoms with Crippen molar-refractivity contribution in [2.24, 2.45) is 0 Å². The SMILES string of the molecule is CC(Cc1ccco1)Nc1ccc([N+](=O)[O-])c(F)c1. The average Bonchev–Trinajstić information content (AvgIpc) is 2.81. The quantitative estimate of drug-likeness (QED) is 0.664. The van der Waals surface area contributed by atoms with E-state index in [-0.39, 0.29) is 6.04 Å². The van der Waals surface area contributed by atoms with Gasteiger partial charge in [-0.15, -0.1) is 0 Å². The number of rotatable bonds is 5. The molecule has 0 aliphatic heterocycles. The Kier molecular flexibility index (Phi) is 3.79. The molecule has 1 N–H and O–H groups in total. The second-order valence-electron chi connectivity index (χ2n) is 4.25. The number of hydrogen-bond acceptors (Lipinski definition) is 4. The van der Waals surface area contributed by atoms with Crippen LogP contribution in [0.25, 0.3) is 0 Å². The average molecular weight is 264 g/mol. The molecule has 1 aromatic carbocycles. The largest absolute Gasteiger partial charge is 0.469 e. The van der Waals surface area contributed by atoms with Gasteiger partial charge in [-0.1, -0.05) is 0 Å². The molecule has 1 heterocycles. The standard InChI is InChI=1S/C13H13FN2O3/c1-9(7-11-3-2-6-19-11)15-10-4-5-13(16(17)18)12(14)8-10/h2-6,8-9,15H,7H2,1H3. The van der Waals surface area contributed by atoms with Crippen LogP contribution in [0.5, 0.6) is 0 Å². The van der Waals surface area contributed by atoms with E-state index >= 15 is 0 Å². The number of nitrogens with one attached hydrogen (secondary N) is 1. The molecule has 6 heteroatoms. The molecule has 1 aromatic heterocycles. The van der Waals surface area contributed by atoms with E-state index < -0.39 is 16.4 Å². The molecule has 1 atom stereocenters. The Bertz CT molecular complexity index is 569. The maximum Gasteiger partial charge on any atom is 0.304 e. The van der Waals surface area contributed by atoms with Crippen molar-refractivity contribution in [3.8, 4) is 0 Å². The maximum absolute atomic E-state index is 13.4. The summed E-state index contributed by atoms with van der Waals surface area (Å²) in [5.74, 6) is -0.0254. The number of anilines is 1. The Morgan fingerprint density at radius 1 is 1.47 bits per heavy atom. The first-order chi connectivity index (χ1) is 9.06. The molecule has 0 saturated carbocycles. The van der Waals surface area contributed by atoms with Crippen molar-refractivity contribution in [1.29, 1.82) is 0 Å². The zero-order chi connectivity index (χ0) is 13.8. The Morgan fingerprint density at radius 3 is 2.84 bits per heavy atom. The van der Waals surface area contributed by atoms with Gasteiger partial charge in [0.25, 0.3) is 0 Å².